The van der Waals surface area contributed by atoms with Crippen molar-refractivity contribution in [2.75, 3.05) is 29.9 Å². The average molecular weight is 352 g/mol. The van der Waals surface area contributed by atoms with Gasteiger partial charge < -0.3 is 20.6 Å². The highest BCUT2D eigenvalue weighted by Gasteiger charge is 2.32. The van der Waals surface area contributed by atoms with Crippen LogP contribution in [0.5, 0.6) is 0 Å². The molecule has 2 aromatic heterocycles. The highest BCUT2D eigenvalue weighted by Crippen LogP contribution is 2.24. The zero-order chi connectivity index (χ0) is 15.6. The summed E-state index contributed by atoms with van der Waals surface area (Å²) in [4.78, 5) is 11.3. The van der Waals surface area contributed by atoms with E-state index in [1.165, 1.54) is 12.8 Å². The Morgan fingerprint density at radius 1 is 1.29 bits per heavy atom. The second-order valence-corrected chi connectivity index (χ2v) is 6.12. The second-order valence-electron chi connectivity index (χ2n) is 6.12. The first kappa shape index (κ1) is 16.9. The molecular weight excluding hydrogens is 330 g/mol. The minimum Gasteiger partial charge on any atom is -0.394 e. The van der Waals surface area contributed by atoms with Gasteiger partial charge in [0.1, 0.15) is 5.82 Å². The van der Waals surface area contributed by atoms with E-state index in [4.69, 9.17) is 5.11 Å². The fourth-order valence-corrected chi connectivity index (χ4v) is 3.35. The van der Waals surface area contributed by atoms with Gasteiger partial charge in [0, 0.05) is 37.6 Å². The molecule has 0 saturated carbocycles. The third kappa shape index (κ3) is 3.61. The molecule has 2 saturated heterocycles. The molecule has 0 amide bonds. The van der Waals surface area contributed by atoms with Crippen molar-refractivity contribution in [2.24, 2.45) is 0 Å². The van der Waals surface area contributed by atoms with Gasteiger partial charge in [-0.2, -0.15) is 10.1 Å². The molecule has 8 nitrogen and oxygen atoms in total. The molecule has 0 spiro atoms. The number of rotatable bonds is 5. The summed E-state index contributed by atoms with van der Waals surface area (Å²) in [5.74, 6) is 1.53. The molecule has 4 heterocycles. The van der Waals surface area contributed by atoms with Crippen molar-refractivity contribution in [1.29, 1.82) is 0 Å². The molecule has 130 valence electrons. The van der Waals surface area contributed by atoms with E-state index in [9.17, 15) is 0 Å². The number of hydrogen-bond acceptors (Lipinski definition) is 7. The maximum atomic E-state index is 8.93. The summed E-state index contributed by atoms with van der Waals surface area (Å²) in [6, 6.07) is 3.12. The van der Waals surface area contributed by atoms with E-state index in [-0.39, 0.29) is 19.0 Å². The number of halogens is 1. The van der Waals surface area contributed by atoms with Crippen LogP contribution in [0.3, 0.4) is 0 Å². The van der Waals surface area contributed by atoms with Crippen LogP contribution in [0.2, 0.25) is 0 Å². The summed E-state index contributed by atoms with van der Waals surface area (Å²) in [5.41, 5.74) is 0.816. The zero-order valence-electron chi connectivity index (χ0n) is 13.3. The number of aromatic nitrogens is 4. The fourth-order valence-electron chi connectivity index (χ4n) is 3.35. The van der Waals surface area contributed by atoms with Crippen LogP contribution in [-0.2, 0) is 6.54 Å². The molecule has 2 aliphatic heterocycles. The van der Waals surface area contributed by atoms with Gasteiger partial charge in [-0.1, -0.05) is 0 Å². The first-order valence-electron chi connectivity index (χ1n) is 8.04. The van der Waals surface area contributed by atoms with Crippen molar-refractivity contribution < 1.29 is 5.11 Å². The summed E-state index contributed by atoms with van der Waals surface area (Å²) in [6.45, 7) is 2.55. The minimum absolute atomic E-state index is 0. The van der Waals surface area contributed by atoms with Gasteiger partial charge in [0.15, 0.2) is 0 Å². The lowest BCUT2D eigenvalue weighted by molar-refractivity contribution is 0.269. The lowest BCUT2D eigenvalue weighted by Gasteiger charge is -2.33. The van der Waals surface area contributed by atoms with E-state index in [1.54, 1.807) is 17.1 Å². The molecule has 2 bridgehead atoms. The lowest BCUT2D eigenvalue weighted by atomic mass is 10.2. The van der Waals surface area contributed by atoms with Gasteiger partial charge in [-0.05, 0) is 18.9 Å². The van der Waals surface area contributed by atoms with Crippen molar-refractivity contribution in [1.82, 2.24) is 25.1 Å². The van der Waals surface area contributed by atoms with Crippen LogP contribution in [0.25, 0.3) is 0 Å². The largest absolute Gasteiger partial charge is 0.394 e. The maximum Gasteiger partial charge on any atom is 0.229 e. The van der Waals surface area contributed by atoms with Gasteiger partial charge in [0.2, 0.25) is 5.95 Å². The molecule has 2 aromatic rings. The van der Waals surface area contributed by atoms with Crippen LogP contribution in [-0.4, -0.2) is 56.6 Å². The zero-order valence-corrected chi connectivity index (χ0v) is 14.1. The Balaban J connectivity index is 0.00000169. The number of nitrogens with one attached hydrogen (secondary N) is 2. The summed E-state index contributed by atoms with van der Waals surface area (Å²) in [5, 5.41) is 19.9. The van der Waals surface area contributed by atoms with Crippen LogP contribution < -0.4 is 15.5 Å². The number of piperazine rings is 1. The number of fused-ring (bicyclic) bond motifs is 2. The number of anilines is 3. The Kier molecular flexibility index (Phi) is 5.17. The average Bonchev–Trinajstić information content (AvgIpc) is 3.14. The van der Waals surface area contributed by atoms with Gasteiger partial charge >= 0.3 is 0 Å². The molecule has 0 aromatic carbocycles. The molecule has 0 radical (unpaired) electrons. The third-order valence-electron chi connectivity index (χ3n) is 4.40. The molecule has 4 rings (SSSR count). The first-order chi connectivity index (χ1) is 11.3. The summed E-state index contributed by atoms with van der Waals surface area (Å²) >= 11 is 0. The molecule has 2 fully saturated rings. The molecule has 0 unspecified atom stereocenters. The van der Waals surface area contributed by atoms with Crippen LogP contribution >= 0.6 is 12.4 Å². The van der Waals surface area contributed by atoms with Crippen molar-refractivity contribution in [2.45, 2.75) is 31.5 Å². The smallest absolute Gasteiger partial charge is 0.229 e. The standard InChI is InChI=1S/C15H21N7O.ClH/c23-6-5-22-10-13(7-17-22)19-15-16-4-3-14(20-15)21-8-11-1-2-12(9-21)18-11;/h3-4,7,10-12,18,23H,1-2,5-6,8-9H2,(H,16,19,20);1H/t11-,12+;. The van der Waals surface area contributed by atoms with E-state index in [1.807, 2.05) is 12.3 Å². The van der Waals surface area contributed by atoms with Crippen molar-refractivity contribution in [3.63, 3.8) is 0 Å². The number of aliphatic hydroxyl groups is 1. The minimum atomic E-state index is 0. The SMILES string of the molecule is Cl.OCCn1cc(Nc2nccc(N3C[C@H]4CC[C@@H](C3)N4)n2)cn1. The molecule has 2 aliphatic rings. The quantitative estimate of drug-likeness (QED) is 0.733. The maximum absolute atomic E-state index is 8.93. The van der Waals surface area contributed by atoms with Gasteiger partial charge in [-0.15, -0.1) is 12.4 Å². The van der Waals surface area contributed by atoms with E-state index in [0.29, 0.717) is 24.6 Å². The first-order valence-corrected chi connectivity index (χ1v) is 8.04. The van der Waals surface area contributed by atoms with Crippen molar-refractivity contribution >= 4 is 29.9 Å². The predicted octanol–water partition coefficient (Wildman–Crippen LogP) is 0.771. The third-order valence-corrected chi connectivity index (χ3v) is 4.40. The fraction of sp³-hybridized carbons (Fsp3) is 0.533. The Bertz CT molecular complexity index is 667. The highest BCUT2D eigenvalue weighted by molar-refractivity contribution is 5.85. The second kappa shape index (κ2) is 7.33. The normalized spacial score (nSPS) is 22.3. The van der Waals surface area contributed by atoms with Gasteiger partial charge in [0.05, 0.1) is 25.0 Å². The Morgan fingerprint density at radius 2 is 2.08 bits per heavy atom. The number of hydrogen-bond donors (Lipinski definition) is 3. The topological polar surface area (TPSA) is 91.1 Å². The van der Waals surface area contributed by atoms with E-state index in [2.05, 4.69) is 30.6 Å². The molecule has 3 N–H and O–H groups in total. The molecule has 0 aliphatic carbocycles. The lowest BCUT2D eigenvalue weighted by Crippen LogP contribution is -2.51. The Hall–Kier alpha value is -1.90. The Labute approximate surface area is 146 Å². The van der Waals surface area contributed by atoms with E-state index in [0.717, 1.165) is 24.6 Å². The van der Waals surface area contributed by atoms with Crippen LogP contribution in [0.4, 0.5) is 17.5 Å². The van der Waals surface area contributed by atoms with E-state index >= 15 is 0 Å². The van der Waals surface area contributed by atoms with Crippen molar-refractivity contribution in [3.05, 3.63) is 24.7 Å². The Morgan fingerprint density at radius 3 is 2.83 bits per heavy atom. The van der Waals surface area contributed by atoms with E-state index < -0.39 is 0 Å². The van der Waals surface area contributed by atoms with Crippen molar-refractivity contribution in [3.8, 4) is 0 Å². The number of aliphatic hydroxyl groups excluding tert-OH is 1. The van der Waals surface area contributed by atoms with Gasteiger partial charge in [-0.3, -0.25) is 4.68 Å². The summed E-state index contributed by atoms with van der Waals surface area (Å²) < 4.78 is 1.68. The summed E-state index contributed by atoms with van der Waals surface area (Å²) in [7, 11) is 0. The summed E-state index contributed by atoms with van der Waals surface area (Å²) in [6.07, 6.45) is 7.82. The molecule has 24 heavy (non-hydrogen) atoms. The molecule has 2 atom stereocenters. The monoisotopic (exact) mass is 351 g/mol. The van der Waals surface area contributed by atoms with Gasteiger partial charge in [-0.25, -0.2) is 4.98 Å². The number of nitrogens with zero attached hydrogens (tertiary/aromatic N) is 5. The predicted molar refractivity (Wildman–Crippen MR) is 94.0 cm³/mol. The molecule has 9 heteroatoms. The highest BCUT2D eigenvalue weighted by atomic mass is 35.5. The van der Waals surface area contributed by atoms with Crippen LogP contribution in [0, 0.1) is 0 Å². The van der Waals surface area contributed by atoms with Crippen LogP contribution in [0.15, 0.2) is 24.7 Å². The van der Waals surface area contributed by atoms with Crippen LogP contribution in [0.1, 0.15) is 12.8 Å². The molecular formula is C15H22ClN7O. The van der Waals surface area contributed by atoms with Gasteiger partial charge in [0.25, 0.3) is 0 Å².